The van der Waals surface area contributed by atoms with Crippen LogP contribution in [-0.4, -0.2) is 21.2 Å². The minimum atomic E-state index is -4.19. The molecule has 0 bridgehead atoms. The molecule has 1 aromatic carbocycles. The average molecular weight is 359 g/mol. The van der Waals surface area contributed by atoms with Crippen LogP contribution in [0.1, 0.15) is 0 Å². The van der Waals surface area contributed by atoms with Crippen molar-refractivity contribution in [1.29, 1.82) is 0 Å². The zero-order chi connectivity index (χ0) is 16.3. The van der Waals surface area contributed by atoms with Crippen LogP contribution in [0.15, 0.2) is 63.3 Å². The number of sulfonamides is 1. The first-order valence-corrected chi connectivity index (χ1v) is 8.16. The van der Waals surface area contributed by atoms with Crippen molar-refractivity contribution in [3.8, 4) is 0 Å². The number of ether oxygens (including phenoxy) is 1. The van der Waals surface area contributed by atoms with Crippen molar-refractivity contribution in [2.45, 2.75) is 4.90 Å². The van der Waals surface area contributed by atoms with Crippen LogP contribution in [-0.2, 0) is 14.8 Å². The van der Waals surface area contributed by atoms with Crippen molar-refractivity contribution in [2.75, 3.05) is 7.11 Å². The molecule has 116 valence electrons. The normalized spacial score (nSPS) is 18.6. The summed E-state index contributed by atoms with van der Waals surface area (Å²) >= 11 is 11.8. The molecule has 0 aliphatic heterocycles. The molecule has 0 fully saturated rings. The Balaban J connectivity index is 2.60. The van der Waals surface area contributed by atoms with E-state index in [0.717, 1.165) is 0 Å². The molecule has 0 amide bonds. The van der Waals surface area contributed by atoms with E-state index < -0.39 is 16.0 Å². The predicted octanol–water partition coefficient (Wildman–Crippen LogP) is 2.47. The highest BCUT2D eigenvalue weighted by Crippen LogP contribution is 2.31. The van der Waals surface area contributed by atoms with Gasteiger partial charge in [-0.1, -0.05) is 47.5 Å². The highest BCUT2D eigenvalue weighted by molar-refractivity contribution is 7.90. The molecule has 1 aromatic rings. The van der Waals surface area contributed by atoms with Crippen molar-refractivity contribution < 1.29 is 18.3 Å². The summed E-state index contributed by atoms with van der Waals surface area (Å²) in [5.41, 5.74) is -0.0258. The van der Waals surface area contributed by atoms with Gasteiger partial charge in [0.2, 0.25) is 0 Å². The van der Waals surface area contributed by atoms with Crippen LogP contribution in [0.25, 0.3) is 0 Å². The maximum Gasteiger partial charge on any atom is 0.285 e. The molecule has 0 atom stereocenters. The molecule has 0 saturated heterocycles. The second kappa shape index (κ2) is 6.56. The molecule has 0 N–H and O–H groups in total. The quantitative estimate of drug-likeness (QED) is 0.777. The van der Waals surface area contributed by atoms with Gasteiger partial charge in [-0.15, -0.1) is 0 Å². The van der Waals surface area contributed by atoms with Gasteiger partial charge in [0.25, 0.3) is 10.0 Å². The summed E-state index contributed by atoms with van der Waals surface area (Å²) in [6.07, 6.45) is 5.91. The Morgan fingerprint density at radius 1 is 1.18 bits per heavy atom. The fourth-order valence-electron chi connectivity index (χ4n) is 1.74. The van der Waals surface area contributed by atoms with Crippen LogP contribution in [0.2, 0.25) is 10.0 Å². The summed E-state index contributed by atoms with van der Waals surface area (Å²) < 4.78 is 33.1. The number of hydrogen-bond acceptors (Lipinski definition) is 4. The van der Waals surface area contributed by atoms with E-state index in [9.17, 15) is 13.5 Å². The van der Waals surface area contributed by atoms with Crippen molar-refractivity contribution in [1.82, 2.24) is 0 Å². The molecule has 0 radical (unpaired) electrons. The number of nitrogens with zero attached hydrogens (tertiary/aromatic N) is 1. The van der Waals surface area contributed by atoms with E-state index in [-0.39, 0.29) is 26.2 Å². The fourth-order valence-corrected chi connectivity index (χ4v) is 3.86. The van der Waals surface area contributed by atoms with E-state index in [2.05, 4.69) is 9.13 Å². The van der Waals surface area contributed by atoms with Gasteiger partial charge in [0.1, 0.15) is 4.90 Å². The molecule has 8 heteroatoms. The SMILES string of the molecule is COC([O-])=C1C=CC=CC1=NS(=O)(=O)c1c(Cl)cccc1Cl. The molecule has 0 saturated carbocycles. The third kappa shape index (κ3) is 3.35. The van der Waals surface area contributed by atoms with Gasteiger partial charge in [-0.05, 0) is 25.3 Å². The summed E-state index contributed by atoms with van der Waals surface area (Å²) in [6.45, 7) is 0. The summed E-state index contributed by atoms with van der Waals surface area (Å²) in [6, 6.07) is 4.30. The highest BCUT2D eigenvalue weighted by Gasteiger charge is 2.22. The predicted molar refractivity (Wildman–Crippen MR) is 83.4 cm³/mol. The molecule has 0 aromatic heterocycles. The molecular formula is C14H10Cl2NO4S-. The molecule has 0 spiro atoms. The third-order valence-electron chi connectivity index (χ3n) is 2.70. The van der Waals surface area contributed by atoms with Gasteiger partial charge in [-0.3, -0.25) is 0 Å². The van der Waals surface area contributed by atoms with Gasteiger partial charge in [-0.2, -0.15) is 12.8 Å². The van der Waals surface area contributed by atoms with Gasteiger partial charge in [0.05, 0.1) is 21.7 Å². The molecular weight excluding hydrogens is 349 g/mol. The van der Waals surface area contributed by atoms with Gasteiger partial charge < -0.3 is 9.84 Å². The van der Waals surface area contributed by atoms with E-state index in [1.54, 1.807) is 12.2 Å². The molecule has 1 aliphatic rings. The number of allylic oxidation sites excluding steroid dienone is 5. The maximum absolute atomic E-state index is 12.4. The van der Waals surface area contributed by atoms with Crippen LogP contribution in [0.4, 0.5) is 0 Å². The Morgan fingerprint density at radius 3 is 2.36 bits per heavy atom. The number of halogens is 2. The Bertz CT molecular complexity index is 803. The number of benzene rings is 1. The summed E-state index contributed by atoms with van der Waals surface area (Å²) in [4.78, 5) is -0.307. The van der Waals surface area contributed by atoms with Gasteiger partial charge in [0.15, 0.2) is 0 Å². The zero-order valence-electron chi connectivity index (χ0n) is 11.3. The molecule has 5 nitrogen and oxygen atoms in total. The number of methoxy groups -OCH3 is 1. The van der Waals surface area contributed by atoms with Gasteiger partial charge in [0, 0.05) is 5.57 Å². The first-order chi connectivity index (χ1) is 10.4. The number of hydrogen-bond donors (Lipinski definition) is 0. The minimum absolute atomic E-state index is 0.0248. The Morgan fingerprint density at radius 2 is 1.77 bits per heavy atom. The highest BCUT2D eigenvalue weighted by atomic mass is 35.5. The van der Waals surface area contributed by atoms with E-state index >= 15 is 0 Å². The minimum Gasteiger partial charge on any atom is -0.616 e. The van der Waals surface area contributed by atoms with E-state index in [1.807, 2.05) is 0 Å². The van der Waals surface area contributed by atoms with Crippen LogP contribution < -0.4 is 5.11 Å². The molecule has 0 unspecified atom stereocenters. The summed E-state index contributed by atoms with van der Waals surface area (Å²) in [5.74, 6) is -0.695. The second-order valence-electron chi connectivity index (χ2n) is 4.13. The Hall–Kier alpha value is -1.76. The molecule has 0 heterocycles. The van der Waals surface area contributed by atoms with Crippen LogP contribution >= 0.6 is 23.2 Å². The lowest BCUT2D eigenvalue weighted by molar-refractivity contribution is -0.354. The Kier molecular flexibility index (Phi) is 4.95. The van der Waals surface area contributed by atoms with E-state index in [4.69, 9.17) is 23.2 Å². The lowest BCUT2D eigenvalue weighted by Crippen LogP contribution is -2.16. The first-order valence-electron chi connectivity index (χ1n) is 5.96. The van der Waals surface area contributed by atoms with Gasteiger partial charge in [-0.25, -0.2) is 0 Å². The number of rotatable bonds is 3. The molecule has 22 heavy (non-hydrogen) atoms. The van der Waals surface area contributed by atoms with Crippen molar-refractivity contribution in [2.24, 2.45) is 4.40 Å². The van der Waals surface area contributed by atoms with Crippen molar-refractivity contribution >= 4 is 38.9 Å². The Labute approximate surface area is 137 Å². The van der Waals surface area contributed by atoms with E-state index in [0.29, 0.717) is 0 Å². The summed E-state index contributed by atoms with van der Waals surface area (Å²) in [5, 5.41) is 11.6. The van der Waals surface area contributed by atoms with Crippen molar-refractivity contribution in [3.63, 3.8) is 0 Å². The second-order valence-corrected chi connectivity index (χ2v) is 6.48. The average Bonchev–Trinajstić information content (AvgIpc) is 2.46. The monoisotopic (exact) mass is 358 g/mol. The topological polar surface area (TPSA) is 78.8 Å². The van der Waals surface area contributed by atoms with Gasteiger partial charge >= 0.3 is 0 Å². The molecule has 1 aliphatic carbocycles. The summed E-state index contributed by atoms with van der Waals surface area (Å²) in [7, 11) is -2.99. The lowest BCUT2D eigenvalue weighted by Gasteiger charge is -2.16. The van der Waals surface area contributed by atoms with E-state index in [1.165, 1.54) is 37.5 Å². The molecule has 2 rings (SSSR count). The maximum atomic E-state index is 12.4. The van der Waals surface area contributed by atoms with Crippen LogP contribution in [0.5, 0.6) is 0 Å². The third-order valence-corrected chi connectivity index (χ3v) is 4.95. The standard InChI is InChI=1S/C14H11Cl2NO4S/c1-21-14(18)9-5-2-3-8-12(9)17-22(19,20)13-10(15)6-4-7-11(13)16/h2-8,18H,1H3/p-1. The first kappa shape index (κ1) is 16.6. The van der Waals surface area contributed by atoms with Crippen LogP contribution in [0.3, 0.4) is 0 Å². The largest absolute Gasteiger partial charge is 0.616 e. The zero-order valence-corrected chi connectivity index (χ0v) is 13.6. The van der Waals surface area contributed by atoms with Crippen molar-refractivity contribution in [3.05, 3.63) is 64.1 Å². The fraction of sp³-hybridized carbons (Fsp3) is 0.0714. The smallest absolute Gasteiger partial charge is 0.285 e. The van der Waals surface area contributed by atoms with Crippen LogP contribution in [0, 0.1) is 0 Å². The lowest BCUT2D eigenvalue weighted by atomic mass is 10.1.